The predicted octanol–water partition coefficient (Wildman–Crippen LogP) is 10.7. The van der Waals surface area contributed by atoms with Crippen LogP contribution in [-0.2, 0) is 5.41 Å². The number of aromatic nitrogens is 1. The lowest BCUT2D eigenvalue weighted by atomic mass is 9.82. The minimum absolute atomic E-state index is 0.000909. The van der Waals surface area contributed by atoms with Crippen molar-refractivity contribution < 1.29 is 0 Å². The van der Waals surface area contributed by atoms with E-state index in [-0.39, 0.29) is 5.41 Å². The summed E-state index contributed by atoms with van der Waals surface area (Å²) in [6.07, 6.45) is 0. The second-order valence-electron chi connectivity index (χ2n) is 11.9. The first-order chi connectivity index (χ1) is 20.0. The summed E-state index contributed by atoms with van der Waals surface area (Å²) in [4.78, 5) is 0. The van der Waals surface area contributed by atoms with Crippen molar-refractivity contribution in [1.82, 2.24) is 4.57 Å². The number of nitrogens with zero attached hydrogens (tertiary/aromatic N) is 1. The Bertz CT molecular complexity index is 2120. The molecule has 1 aliphatic carbocycles. The number of hydrogen-bond acceptors (Lipinski definition) is 0. The maximum absolute atomic E-state index is 2.45. The Labute approximate surface area is 241 Å². The number of fused-ring (bicyclic) bond motifs is 6. The van der Waals surface area contributed by atoms with Gasteiger partial charge in [0, 0.05) is 21.9 Å². The molecular formula is C40H31N. The highest BCUT2D eigenvalue weighted by Gasteiger charge is 2.35. The van der Waals surface area contributed by atoms with E-state index in [1.54, 1.807) is 0 Å². The highest BCUT2D eigenvalue weighted by atomic mass is 15.0. The molecular weight excluding hydrogens is 494 g/mol. The lowest BCUT2D eigenvalue weighted by molar-refractivity contribution is 0.660. The average Bonchev–Trinajstić information content (AvgIpc) is 3.46. The summed E-state index contributed by atoms with van der Waals surface area (Å²) < 4.78 is 2.45. The second-order valence-corrected chi connectivity index (χ2v) is 11.9. The van der Waals surface area contributed by atoms with Crippen molar-refractivity contribution in [2.24, 2.45) is 0 Å². The molecule has 7 aromatic rings. The van der Waals surface area contributed by atoms with Crippen LogP contribution in [0.2, 0.25) is 0 Å². The van der Waals surface area contributed by atoms with Gasteiger partial charge in [-0.2, -0.15) is 0 Å². The third kappa shape index (κ3) is 3.62. The summed E-state index contributed by atoms with van der Waals surface area (Å²) in [5.41, 5.74) is 15.4. The molecule has 1 aromatic heterocycles. The monoisotopic (exact) mass is 525 g/mol. The molecule has 0 amide bonds. The van der Waals surface area contributed by atoms with Gasteiger partial charge in [0.15, 0.2) is 0 Å². The van der Waals surface area contributed by atoms with E-state index in [4.69, 9.17) is 0 Å². The van der Waals surface area contributed by atoms with Crippen LogP contribution in [0, 0.1) is 6.92 Å². The van der Waals surface area contributed by atoms with Crippen LogP contribution < -0.4 is 0 Å². The Hall–Kier alpha value is -4.88. The molecule has 0 fully saturated rings. The molecule has 196 valence electrons. The molecule has 0 aliphatic heterocycles. The highest BCUT2D eigenvalue weighted by Crippen LogP contribution is 2.49. The second kappa shape index (κ2) is 8.81. The molecule has 1 heterocycles. The lowest BCUT2D eigenvalue weighted by Crippen LogP contribution is -2.14. The lowest BCUT2D eigenvalue weighted by Gasteiger charge is -2.21. The van der Waals surface area contributed by atoms with Crippen LogP contribution in [0.1, 0.15) is 30.5 Å². The van der Waals surface area contributed by atoms with E-state index in [1.807, 2.05) is 0 Å². The Morgan fingerprint density at radius 2 is 1.12 bits per heavy atom. The van der Waals surface area contributed by atoms with Crippen molar-refractivity contribution in [3.63, 3.8) is 0 Å². The molecule has 0 saturated carbocycles. The summed E-state index contributed by atoms with van der Waals surface area (Å²) in [6.45, 7) is 6.82. The number of rotatable bonds is 3. The molecule has 0 bridgehead atoms. The van der Waals surface area contributed by atoms with Crippen LogP contribution in [0.25, 0.3) is 60.9 Å². The fourth-order valence-corrected chi connectivity index (χ4v) is 6.90. The largest absolute Gasteiger partial charge is 0.309 e. The first-order valence-electron chi connectivity index (χ1n) is 14.4. The molecule has 0 atom stereocenters. The summed E-state index contributed by atoms with van der Waals surface area (Å²) >= 11 is 0. The Balaban J connectivity index is 1.33. The molecule has 0 saturated heterocycles. The van der Waals surface area contributed by atoms with Gasteiger partial charge in [0.1, 0.15) is 0 Å². The third-order valence-electron chi connectivity index (χ3n) is 9.08. The van der Waals surface area contributed by atoms with Crippen LogP contribution in [-0.4, -0.2) is 4.57 Å². The molecule has 0 radical (unpaired) electrons. The Morgan fingerprint density at radius 1 is 0.463 bits per heavy atom. The van der Waals surface area contributed by atoms with Gasteiger partial charge in [-0.15, -0.1) is 0 Å². The van der Waals surface area contributed by atoms with Crippen LogP contribution in [0.3, 0.4) is 0 Å². The maximum Gasteiger partial charge on any atom is 0.0547 e. The van der Waals surface area contributed by atoms with E-state index < -0.39 is 0 Å². The summed E-state index contributed by atoms with van der Waals surface area (Å²) in [5.74, 6) is 0. The third-order valence-corrected chi connectivity index (χ3v) is 9.08. The molecule has 0 spiro atoms. The first kappa shape index (κ1) is 24.0. The standard InChI is InChI=1S/C40H31N/c1-26-15-17-27(18-16-26)28-9-8-10-29(23-28)30-19-21-34-33-12-5-7-14-38(33)41(39(34)24-30)31-20-22-37-35(25-31)32-11-4-6-13-36(32)40(37,2)3/h4-25H,1-3H3. The van der Waals surface area contributed by atoms with E-state index in [2.05, 4.69) is 159 Å². The van der Waals surface area contributed by atoms with Crippen LogP contribution in [0.15, 0.2) is 133 Å². The SMILES string of the molecule is Cc1ccc(-c2cccc(-c3ccc4c5ccccc5n(-c5ccc6c(c5)-c5ccccc5C6(C)C)c4c3)c2)cc1. The average molecular weight is 526 g/mol. The van der Waals surface area contributed by atoms with Gasteiger partial charge >= 0.3 is 0 Å². The Morgan fingerprint density at radius 3 is 1.98 bits per heavy atom. The zero-order valence-corrected chi connectivity index (χ0v) is 23.6. The van der Waals surface area contributed by atoms with E-state index in [1.165, 1.54) is 77.6 Å². The van der Waals surface area contributed by atoms with Gasteiger partial charge in [0.05, 0.1) is 11.0 Å². The minimum atomic E-state index is 0.000909. The Kier molecular flexibility index (Phi) is 5.15. The summed E-state index contributed by atoms with van der Waals surface area (Å²) in [6, 6.07) is 49.4. The molecule has 1 aliphatic rings. The molecule has 1 heteroatoms. The normalized spacial score (nSPS) is 13.4. The predicted molar refractivity (Wildman–Crippen MR) is 174 cm³/mol. The van der Waals surface area contributed by atoms with Crippen molar-refractivity contribution in [1.29, 1.82) is 0 Å². The molecule has 1 nitrogen and oxygen atoms in total. The summed E-state index contributed by atoms with van der Waals surface area (Å²) in [5, 5.41) is 2.56. The quantitative estimate of drug-likeness (QED) is 0.216. The van der Waals surface area contributed by atoms with E-state index >= 15 is 0 Å². The van der Waals surface area contributed by atoms with E-state index in [0.29, 0.717) is 0 Å². The fraction of sp³-hybridized carbons (Fsp3) is 0.100. The van der Waals surface area contributed by atoms with Crippen molar-refractivity contribution >= 4 is 21.8 Å². The van der Waals surface area contributed by atoms with Crippen molar-refractivity contribution in [2.45, 2.75) is 26.2 Å². The summed E-state index contributed by atoms with van der Waals surface area (Å²) in [7, 11) is 0. The maximum atomic E-state index is 2.45. The smallest absolute Gasteiger partial charge is 0.0547 e. The molecule has 8 rings (SSSR count). The van der Waals surface area contributed by atoms with Gasteiger partial charge in [-0.1, -0.05) is 123 Å². The van der Waals surface area contributed by atoms with E-state index in [0.717, 1.165) is 0 Å². The fourth-order valence-electron chi connectivity index (χ4n) is 6.90. The zero-order chi connectivity index (χ0) is 27.7. The van der Waals surface area contributed by atoms with Crippen molar-refractivity contribution in [3.05, 3.63) is 150 Å². The van der Waals surface area contributed by atoms with Gasteiger partial charge in [-0.05, 0) is 81.8 Å². The van der Waals surface area contributed by atoms with Crippen LogP contribution in [0.5, 0.6) is 0 Å². The van der Waals surface area contributed by atoms with Gasteiger partial charge < -0.3 is 4.57 Å². The molecule has 41 heavy (non-hydrogen) atoms. The van der Waals surface area contributed by atoms with E-state index in [9.17, 15) is 0 Å². The number of aryl methyl sites for hydroxylation is 1. The van der Waals surface area contributed by atoms with Gasteiger partial charge in [-0.3, -0.25) is 0 Å². The van der Waals surface area contributed by atoms with Gasteiger partial charge in [0.2, 0.25) is 0 Å². The molecule has 0 unspecified atom stereocenters. The number of benzene rings is 6. The van der Waals surface area contributed by atoms with Gasteiger partial charge in [0.25, 0.3) is 0 Å². The first-order valence-corrected chi connectivity index (χ1v) is 14.4. The number of para-hydroxylation sites is 1. The van der Waals surface area contributed by atoms with Crippen molar-refractivity contribution in [3.8, 4) is 39.1 Å². The van der Waals surface area contributed by atoms with Crippen molar-refractivity contribution in [2.75, 3.05) is 0 Å². The molecule has 6 aromatic carbocycles. The van der Waals surface area contributed by atoms with Gasteiger partial charge in [-0.25, -0.2) is 0 Å². The van der Waals surface area contributed by atoms with Crippen LogP contribution >= 0.6 is 0 Å². The highest BCUT2D eigenvalue weighted by molar-refractivity contribution is 6.10. The molecule has 0 N–H and O–H groups in total. The number of hydrogen-bond donors (Lipinski definition) is 0. The minimum Gasteiger partial charge on any atom is -0.309 e. The zero-order valence-electron chi connectivity index (χ0n) is 23.6. The topological polar surface area (TPSA) is 4.93 Å². The van der Waals surface area contributed by atoms with Crippen LogP contribution in [0.4, 0.5) is 0 Å².